The van der Waals surface area contributed by atoms with Crippen molar-refractivity contribution in [3.8, 4) is 0 Å². The normalized spacial score (nSPS) is 10.8. The Morgan fingerprint density at radius 2 is 1.94 bits per heavy atom. The van der Waals surface area contributed by atoms with Crippen molar-refractivity contribution in [2.45, 2.75) is 33.1 Å². The van der Waals surface area contributed by atoms with Crippen LogP contribution in [-0.2, 0) is 6.42 Å². The van der Waals surface area contributed by atoms with E-state index in [9.17, 15) is 0 Å². The second kappa shape index (κ2) is 8.57. The monoisotopic (exact) mass is 243 g/mol. The van der Waals surface area contributed by atoms with Crippen molar-refractivity contribution >= 4 is 5.69 Å². The molecule has 0 aliphatic heterocycles. The largest absolute Gasteiger partial charge is 0.371 e. The van der Waals surface area contributed by atoms with Gasteiger partial charge < -0.3 is 4.90 Å². The van der Waals surface area contributed by atoms with E-state index >= 15 is 0 Å². The first kappa shape index (κ1) is 14.6. The molecule has 0 unspecified atom stereocenters. The van der Waals surface area contributed by atoms with E-state index in [1.54, 1.807) is 0 Å². The Balaban J connectivity index is 2.76. The molecule has 0 saturated heterocycles. The Bertz CT molecular complexity index is 379. The number of anilines is 1. The van der Waals surface area contributed by atoms with Crippen molar-refractivity contribution in [3.05, 3.63) is 54.6 Å². The maximum absolute atomic E-state index is 3.70. The van der Waals surface area contributed by atoms with Crippen LogP contribution in [0.25, 0.3) is 0 Å². The molecular weight excluding hydrogens is 218 g/mol. The van der Waals surface area contributed by atoms with Gasteiger partial charge in [-0.25, -0.2) is 0 Å². The molecule has 18 heavy (non-hydrogen) atoms. The molecule has 0 atom stereocenters. The van der Waals surface area contributed by atoms with Crippen LogP contribution in [0.1, 0.15) is 32.3 Å². The topological polar surface area (TPSA) is 3.24 Å². The summed E-state index contributed by atoms with van der Waals surface area (Å²) in [6, 6.07) is 8.74. The molecular formula is C17H25N. The Morgan fingerprint density at radius 1 is 1.17 bits per heavy atom. The van der Waals surface area contributed by atoms with Gasteiger partial charge in [-0.3, -0.25) is 0 Å². The summed E-state index contributed by atoms with van der Waals surface area (Å²) in [6.07, 6.45) is 9.40. The summed E-state index contributed by atoms with van der Waals surface area (Å²) in [5.74, 6) is 0. The molecule has 0 aliphatic carbocycles. The molecule has 0 amide bonds. The van der Waals surface area contributed by atoms with Crippen LogP contribution in [0.15, 0.2) is 49.1 Å². The lowest BCUT2D eigenvalue weighted by atomic mass is 10.1. The highest BCUT2D eigenvalue weighted by molar-refractivity contribution is 5.53. The molecule has 0 heterocycles. The van der Waals surface area contributed by atoms with E-state index in [2.05, 4.69) is 55.7 Å². The number of rotatable bonds is 8. The number of para-hydroxylation sites is 1. The fraction of sp³-hybridized carbons (Fsp3) is 0.412. The van der Waals surface area contributed by atoms with E-state index in [1.165, 1.54) is 17.7 Å². The fourth-order valence-electron chi connectivity index (χ4n) is 2.16. The van der Waals surface area contributed by atoms with Gasteiger partial charge in [0.15, 0.2) is 0 Å². The second-order valence-electron chi connectivity index (χ2n) is 4.42. The first-order valence-electron chi connectivity index (χ1n) is 6.93. The first-order valence-corrected chi connectivity index (χ1v) is 6.93. The Kier molecular flexibility index (Phi) is 6.93. The van der Waals surface area contributed by atoms with Crippen molar-refractivity contribution in [2.24, 2.45) is 0 Å². The molecule has 1 rings (SSSR count). The third-order valence-corrected chi connectivity index (χ3v) is 3.04. The zero-order chi connectivity index (χ0) is 13.2. The molecule has 0 fully saturated rings. The number of allylic oxidation sites excluding steroid dienone is 2. The SMILES string of the molecule is C=C/C=C\CCN(CCC)c1ccccc1CC. The summed E-state index contributed by atoms with van der Waals surface area (Å²) in [6.45, 7) is 10.4. The fourth-order valence-corrected chi connectivity index (χ4v) is 2.16. The molecule has 98 valence electrons. The van der Waals surface area contributed by atoms with Crippen LogP contribution in [0, 0.1) is 0 Å². The van der Waals surface area contributed by atoms with Gasteiger partial charge in [-0.2, -0.15) is 0 Å². The van der Waals surface area contributed by atoms with Gasteiger partial charge in [-0.05, 0) is 30.9 Å². The highest BCUT2D eigenvalue weighted by atomic mass is 15.1. The second-order valence-corrected chi connectivity index (χ2v) is 4.42. The number of aryl methyl sites for hydroxylation is 1. The molecule has 0 aromatic heterocycles. The minimum Gasteiger partial charge on any atom is -0.371 e. The maximum atomic E-state index is 3.70. The number of hydrogen-bond donors (Lipinski definition) is 0. The predicted molar refractivity (Wildman–Crippen MR) is 82.3 cm³/mol. The van der Waals surface area contributed by atoms with Crippen molar-refractivity contribution in [1.82, 2.24) is 0 Å². The third-order valence-electron chi connectivity index (χ3n) is 3.04. The maximum Gasteiger partial charge on any atom is 0.0398 e. The molecule has 0 saturated carbocycles. The summed E-state index contributed by atoms with van der Waals surface area (Å²) in [5, 5.41) is 0. The van der Waals surface area contributed by atoms with Gasteiger partial charge in [0.1, 0.15) is 0 Å². The molecule has 0 bridgehead atoms. The van der Waals surface area contributed by atoms with Crippen LogP contribution in [0.4, 0.5) is 5.69 Å². The molecule has 1 aromatic rings. The lowest BCUT2D eigenvalue weighted by Gasteiger charge is -2.26. The Hall–Kier alpha value is -1.50. The Morgan fingerprint density at radius 3 is 2.61 bits per heavy atom. The van der Waals surface area contributed by atoms with E-state index in [-0.39, 0.29) is 0 Å². The summed E-state index contributed by atoms with van der Waals surface area (Å²) >= 11 is 0. The summed E-state index contributed by atoms with van der Waals surface area (Å²) in [5.41, 5.74) is 2.84. The molecule has 0 spiro atoms. The van der Waals surface area contributed by atoms with E-state index in [1.807, 2.05) is 12.2 Å². The number of benzene rings is 1. The highest BCUT2D eigenvalue weighted by Gasteiger charge is 2.07. The lowest BCUT2D eigenvalue weighted by molar-refractivity contribution is 0.760. The number of nitrogens with zero attached hydrogens (tertiary/aromatic N) is 1. The summed E-state index contributed by atoms with van der Waals surface area (Å²) < 4.78 is 0. The smallest absolute Gasteiger partial charge is 0.0398 e. The molecule has 1 aromatic carbocycles. The van der Waals surface area contributed by atoms with E-state index in [0.717, 1.165) is 25.9 Å². The zero-order valence-corrected chi connectivity index (χ0v) is 11.7. The van der Waals surface area contributed by atoms with Crippen LogP contribution in [0.3, 0.4) is 0 Å². The van der Waals surface area contributed by atoms with Crippen LogP contribution in [0.2, 0.25) is 0 Å². The van der Waals surface area contributed by atoms with Gasteiger partial charge in [0.05, 0.1) is 0 Å². The van der Waals surface area contributed by atoms with E-state index in [4.69, 9.17) is 0 Å². The average Bonchev–Trinajstić information content (AvgIpc) is 2.42. The molecule has 0 radical (unpaired) electrons. The van der Waals surface area contributed by atoms with Gasteiger partial charge in [-0.15, -0.1) is 0 Å². The summed E-state index contributed by atoms with van der Waals surface area (Å²) in [4.78, 5) is 2.49. The van der Waals surface area contributed by atoms with Crippen LogP contribution in [-0.4, -0.2) is 13.1 Å². The van der Waals surface area contributed by atoms with E-state index < -0.39 is 0 Å². The first-order chi connectivity index (χ1) is 8.83. The molecule has 0 aliphatic rings. The molecule has 1 nitrogen and oxygen atoms in total. The standard InChI is InChI=1S/C17H25N/c1-4-7-8-11-15-18(14-5-2)17-13-10-9-12-16(17)6-3/h4,7-10,12-13H,1,5-6,11,14-15H2,2-3H3/b8-7-. The highest BCUT2D eigenvalue weighted by Crippen LogP contribution is 2.21. The van der Waals surface area contributed by atoms with Gasteiger partial charge in [-0.1, -0.05) is 56.9 Å². The van der Waals surface area contributed by atoms with Crippen LogP contribution < -0.4 is 4.90 Å². The van der Waals surface area contributed by atoms with Crippen LogP contribution in [0.5, 0.6) is 0 Å². The minimum absolute atomic E-state index is 1.07. The van der Waals surface area contributed by atoms with Crippen molar-refractivity contribution in [1.29, 1.82) is 0 Å². The number of hydrogen-bond acceptors (Lipinski definition) is 1. The predicted octanol–water partition coefficient (Wildman–Crippen LogP) is 4.60. The quantitative estimate of drug-likeness (QED) is 0.603. The Labute approximate surface area is 112 Å². The van der Waals surface area contributed by atoms with Crippen molar-refractivity contribution in [3.63, 3.8) is 0 Å². The van der Waals surface area contributed by atoms with Gasteiger partial charge >= 0.3 is 0 Å². The van der Waals surface area contributed by atoms with Gasteiger partial charge in [0.25, 0.3) is 0 Å². The van der Waals surface area contributed by atoms with E-state index in [0.29, 0.717) is 0 Å². The lowest BCUT2D eigenvalue weighted by Crippen LogP contribution is -2.26. The molecule has 1 heteroatoms. The van der Waals surface area contributed by atoms with Crippen LogP contribution >= 0.6 is 0 Å². The zero-order valence-electron chi connectivity index (χ0n) is 11.7. The van der Waals surface area contributed by atoms with Gasteiger partial charge in [0, 0.05) is 18.8 Å². The average molecular weight is 243 g/mol. The third kappa shape index (κ3) is 4.40. The molecule has 0 N–H and O–H groups in total. The minimum atomic E-state index is 1.07. The van der Waals surface area contributed by atoms with Crippen molar-refractivity contribution in [2.75, 3.05) is 18.0 Å². The van der Waals surface area contributed by atoms with Gasteiger partial charge in [0.2, 0.25) is 0 Å². The summed E-state index contributed by atoms with van der Waals surface area (Å²) in [7, 11) is 0. The van der Waals surface area contributed by atoms with Crippen molar-refractivity contribution < 1.29 is 0 Å².